The Hall–Kier alpha value is -0.870. The average molecular weight is 270 g/mol. The summed E-state index contributed by atoms with van der Waals surface area (Å²) in [5, 5.41) is 9.97. The summed E-state index contributed by atoms with van der Waals surface area (Å²) in [5.41, 5.74) is -1.02. The summed E-state index contributed by atoms with van der Waals surface area (Å²) < 4.78 is 11.4. The first kappa shape index (κ1) is 16.2. The molecule has 1 aliphatic rings. The van der Waals surface area contributed by atoms with Crippen LogP contribution < -0.4 is 0 Å². The molecule has 0 aromatic rings. The Balaban J connectivity index is 2.71. The molecule has 0 bridgehead atoms. The van der Waals surface area contributed by atoms with Crippen LogP contribution in [0.1, 0.15) is 48.0 Å². The van der Waals surface area contributed by atoms with Gasteiger partial charge in [0.2, 0.25) is 0 Å². The van der Waals surface area contributed by atoms with Crippen LogP contribution in [0.25, 0.3) is 0 Å². The van der Waals surface area contributed by atoms with Crippen LogP contribution in [-0.2, 0) is 14.3 Å². The van der Waals surface area contributed by atoms with E-state index in [0.29, 0.717) is 12.0 Å². The average Bonchev–Trinajstić information content (AvgIpc) is 2.91. The zero-order valence-electron chi connectivity index (χ0n) is 12.8. The number of ether oxygens (including phenoxy) is 2. The summed E-state index contributed by atoms with van der Waals surface area (Å²) in [6.45, 7) is 14.5. The Bertz CT molecular complexity index is 367. The first-order chi connectivity index (χ1) is 8.50. The highest BCUT2D eigenvalue weighted by atomic mass is 16.6. The Morgan fingerprint density at radius 1 is 1.42 bits per heavy atom. The smallest absolute Gasteiger partial charge is 0.333 e. The van der Waals surface area contributed by atoms with E-state index in [1.54, 1.807) is 20.8 Å². The van der Waals surface area contributed by atoms with Crippen LogP contribution in [-0.4, -0.2) is 34.5 Å². The molecule has 1 fully saturated rings. The van der Waals surface area contributed by atoms with E-state index in [-0.39, 0.29) is 24.1 Å². The number of carbonyl (C=O) groups is 1. The van der Waals surface area contributed by atoms with E-state index < -0.39 is 11.2 Å². The lowest BCUT2D eigenvalue weighted by atomic mass is 10.0. The molecule has 4 nitrogen and oxygen atoms in total. The monoisotopic (exact) mass is 270 g/mol. The number of carbonyl (C=O) groups excluding carboxylic acids is 1. The molecule has 0 heterocycles. The highest BCUT2D eigenvalue weighted by Gasteiger charge is 2.62. The number of esters is 1. The van der Waals surface area contributed by atoms with E-state index in [0.717, 1.165) is 0 Å². The lowest BCUT2D eigenvalue weighted by Crippen LogP contribution is -2.42. The molecule has 3 atom stereocenters. The van der Waals surface area contributed by atoms with Crippen LogP contribution in [0.15, 0.2) is 12.2 Å². The van der Waals surface area contributed by atoms with Gasteiger partial charge in [0.15, 0.2) is 0 Å². The Morgan fingerprint density at radius 3 is 2.32 bits per heavy atom. The van der Waals surface area contributed by atoms with Gasteiger partial charge in [-0.25, -0.2) is 4.79 Å². The van der Waals surface area contributed by atoms with Crippen LogP contribution in [0.4, 0.5) is 0 Å². The predicted octanol–water partition coefficient (Wildman–Crippen LogP) is 2.45. The molecule has 0 aromatic carbocycles. The van der Waals surface area contributed by atoms with E-state index in [2.05, 4.69) is 6.58 Å². The van der Waals surface area contributed by atoms with Crippen molar-refractivity contribution in [3.05, 3.63) is 12.2 Å². The van der Waals surface area contributed by atoms with Crippen molar-refractivity contribution in [2.45, 2.75) is 71.4 Å². The van der Waals surface area contributed by atoms with Gasteiger partial charge >= 0.3 is 5.97 Å². The lowest BCUT2D eigenvalue weighted by Gasteiger charge is -2.32. The molecule has 19 heavy (non-hydrogen) atoms. The second kappa shape index (κ2) is 5.25. The van der Waals surface area contributed by atoms with Crippen LogP contribution in [0.2, 0.25) is 0 Å². The molecule has 0 saturated heterocycles. The number of hydrogen-bond donors (Lipinski definition) is 1. The molecule has 1 rings (SSSR count). The van der Waals surface area contributed by atoms with E-state index >= 15 is 0 Å². The van der Waals surface area contributed by atoms with Gasteiger partial charge in [0.1, 0.15) is 11.7 Å². The molecule has 4 heteroatoms. The zero-order valence-corrected chi connectivity index (χ0v) is 12.8. The third kappa shape index (κ3) is 3.57. The molecule has 3 unspecified atom stereocenters. The minimum Gasteiger partial charge on any atom is -0.456 e. The van der Waals surface area contributed by atoms with Gasteiger partial charge in [-0.15, -0.1) is 0 Å². The molecular weight excluding hydrogens is 244 g/mol. The molecule has 1 saturated carbocycles. The Morgan fingerprint density at radius 2 is 1.95 bits per heavy atom. The SMILES string of the molecule is C=C(C)C(=O)OC1CC1(OC(C)C(C)(C)O)C(C)C. The van der Waals surface area contributed by atoms with Gasteiger partial charge in [0.05, 0.1) is 11.7 Å². The largest absolute Gasteiger partial charge is 0.456 e. The molecule has 0 aromatic heterocycles. The molecule has 0 radical (unpaired) electrons. The minimum atomic E-state index is -0.923. The van der Waals surface area contributed by atoms with Crippen LogP contribution in [0, 0.1) is 5.92 Å². The zero-order chi connectivity index (χ0) is 15.0. The van der Waals surface area contributed by atoms with Gasteiger partial charge in [-0.3, -0.25) is 0 Å². The highest BCUT2D eigenvalue weighted by Crippen LogP contribution is 2.50. The third-order valence-corrected chi connectivity index (χ3v) is 3.86. The van der Waals surface area contributed by atoms with Crippen LogP contribution >= 0.6 is 0 Å². The fourth-order valence-electron chi connectivity index (χ4n) is 1.94. The van der Waals surface area contributed by atoms with Gasteiger partial charge in [0.25, 0.3) is 0 Å². The summed E-state index contributed by atoms with van der Waals surface area (Å²) in [7, 11) is 0. The first-order valence-corrected chi connectivity index (χ1v) is 6.77. The van der Waals surface area contributed by atoms with Gasteiger partial charge in [-0.1, -0.05) is 20.4 Å². The van der Waals surface area contributed by atoms with Crippen LogP contribution in [0.5, 0.6) is 0 Å². The Labute approximate surface area is 115 Å². The van der Waals surface area contributed by atoms with Crippen LogP contribution in [0.3, 0.4) is 0 Å². The van der Waals surface area contributed by atoms with E-state index in [9.17, 15) is 9.90 Å². The van der Waals surface area contributed by atoms with Crippen molar-refractivity contribution in [1.82, 2.24) is 0 Å². The van der Waals surface area contributed by atoms with Crippen molar-refractivity contribution in [2.24, 2.45) is 5.92 Å². The molecule has 1 N–H and O–H groups in total. The van der Waals surface area contributed by atoms with Crippen molar-refractivity contribution in [2.75, 3.05) is 0 Å². The van der Waals surface area contributed by atoms with Crippen molar-refractivity contribution >= 4 is 5.97 Å². The molecule has 0 spiro atoms. The van der Waals surface area contributed by atoms with Crippen molar-refractivity contribution < 1.29 is 19.4 Å². The number of aliphatic hydroxyl groups is 1. The highest BCUT2D eigenvalue weighted by molar-refractivity contribution is 5.87. The fraction of sp³-hybridized carbons (Fsp3) is 0.800. The van der Waals surface area contributed by atoms with Gasteiger partial charge in [-0.2, -0.15) is 0 Å². The summed E-state index contributed by atoms with van der Waals surface area (Å²) in [4.78, 5) is 11.6. The fourth-order valence-corrected chi connectivity index (χ4v) is 1.94. The van der Waals surface area contributed by atoms with E-state index in [1.807, 2.05) is 20.8 Å². The first-order valence-electron chi connectivity index (χ1n) is 6.77. The van der Waals surface area contributed by atoms with Gasteiger partial charge in [0, 0.05) is 12.0 Å². The van der Waals surface area contributed by atoms with Crippen molar-refractivity contribution in [3.8, 4) is 0 Å². The van der Waals surface area contributed by atoms with Gasteiger partial charge < -0.3 is 14.6 Å². The van der Waals surface area contributed by atoms with E-state index in [1.165, 1.54) is 0 Å². The van der Waals surface area contributed by atoms with Crippen molar-refractivity contribution in [3.63, 3.8) is 0 Å². The minimum absolute atomic E-state index is 0.209. The second-order valence-corrected chi connectivity index (χ2v) is 6.40. The quantitative estimate of drug-likeness (QED) is 0.595. The summed E-state index contributed by atoms with van der Waals surface area (Å²) in [6, 6.07) is 0. The maximum Gasteiger partial charge on any atom is 0.333 e. The van der Waals surface area contributed by atoms with Crippen molar-refractivity contribution in [1.29, 1.82) is 0 Å². The summed E-state index contributed by atoms with van der Waals surface area (Å²) in [5.74, 6) is -0.174. The number of hydrogen-bond acceptors (Lipinski definition) is 4. The molecule has 110 valence electrons. The second-order valence-electron chi connectivity index (χ2n) is 6.40. The maximum atomic E-state index is 11.6. The summed E-state index contributed by atoms with van der Waals surface area (Å²) >= 11 is 0. The normalized spacial score (nSPS) is 28.1. The molecular formula is C15H26O4. The third-order valence-electron chi connectivity index (χ3n) is 3.86. The summed E-state index contributed by atoms with van der Waals surface area (Å²) in [6.07, 6.45) is 0.0920. The maximum absolute atomic E-state index is 11.6. The molecule has 0 amide bonds. The van der Waals surface area contributed by atoms with E-state index in [4.69, 9.17) is 9.47 Å². The predicted molar refractivity (Wildman–Crippen MR) is 73.7 cm³/mol. The van der Waals surface area contributed by atoms with Gasteiger partial charge in [-0.05, 0) is 33.6 Å². The number of rotatable bonds is 6. The Kier molecular flexibility index (Phi) is 4.47. The molecule has 0 aliphatic heterocycles. The standard InChI is InChI=1S/C15H26O4/c1-9(2)13(16)18-12-8-15(12,10(3)4)19-11(5)14(6,7)17/h10-12,17H,1,8H2,2-7H3. The topological polar surface area (TPSA) is 55.8 Å². The molecule has 1 aliphatic carbocycles. The lowest BCUT2D eigenvalue weighted by molar-refractivity contribution is -0.159.